The highest BCUT2D eigenvalue weighted by Gasteiger charge is 2.14. The van der Waals surface area contributed by atoms with Crippen LogP contribution in [0, 0.1) is 12.7 Å². The summed E-state index contributed by atoms with van der Waals surface area (Å²) >= 11 is 0. The SMILES string of the molecule is CCCC(Cc1nc(-c2ccc(C)c(F)c2)no1)NC. The molecule has 2 aromatic rings. The highest BCUT2D eigenvalue weighted by atomic mass is 19.1. The van der Waals surface area contributed by atoms with Crippen molar-refractivity contribution in [3.63, 3.8) is 0 Å². The molecule has 0 bridgehead atoms. The number of benzene rings is 1. The van der Waals surface area contributed by atoms with Gasteiger partial charge in [-0.05, 0) is 32.0 Å². The Morgan fingerprint density at radius 2 is 2.20 bits per heavy atom. The minimum atomic E-state index is -0.257. The fraction of sp³-hybridized carbons (Fsp3) is 0.467. The van der Waals surface area contributed by atoms with Crippen molar-refractivity contribution < 1.29 is 8.91 Å². The molecule has 1 N–H and O–H groups in total. The molecule has 5 heteroatoms. The Kier molecular flexibility index (Phi) is 4.84. The van der Waals surface area contributed by atoms with Crippen molar-refractivity contribution in [2.75, 3.05) is 7.05 Å². The van der Waals surface area contributed by atoms with Crippen LogP contribution in [0.2, 0.25) is 0 Å². The van der Waals surface area contributed by atoms with Gasteiger partial charge in [0.15, 0.2) is 0 Å². The van der Waals surface area contributed by atoms with Crippen molar-refractivity contribution in [3.05, 3.63) is 35.5 Å². The Hall–Kier alpha value is -1.75. The van der Waals surface area contributed by atoms with Gasteiger partial charge in [0.1, 0.15) is 5.82 Å². The predicted octanol–water partition coefficient (Wildman–Crippen LogP) is 3.11. The molecule has 4 nitrogen and oxygen atoms in total. The average Bonchev–Trinajstić information content (AvgIpc) is 2.90. The van der Waals surface area contributed by atoms with E-state index in [0.717, 1.165) is 12.8 Å². The van der Waals surface area contributed by atoms with Gasteiger partial charge >= 0.3 is 0 Å². The lowest BCUT2D eigenvalue weighted by Crippen LogP contribution is -2.27. The molecule has 1 atom stereocenters. The zero-order valence-electron chi connectivity index (χ0n) is 12.1. The molecule has 0 saturated carbocycles. The second kappa shape index (κ2) is 6.61. The maximum absolute atomic E-state index is 13.5. The maximum atomic E-state index is 13.5. The lowest BCUT2D eigenvalue weighted by molar-refractivity contribution is 0.356. The van der Waals surface area contributed by atoms with E-state index in [-0.39, 0.29) is 5.82 Å². The lowest BCUT2D eigenvalue weighted by atomic mass is 10.1. The van der Waals surface area contributed by atoms with Gasteiger partial charge in [-0.25, -0.2) is 4.39 Å². The van der Waals surface area contributed by atoms with Crippen LogP contribution in [0.1, 0.15) is 31.2 Å². The van der Waals surface area contributed by atoms with E-state index in [0.29, 0.717) is 35.3 Å². The number of halogens is 1. The van der Waals surface area contributed by atoms with E-state index in [4.69, 9.17) is 4.52 Å². The number of likely N-dealkylation sites (N-methyl/N-ethyl adjacent to an activating group) is 1. The fourth-order valence-electron chi connectivity index (χ4n) is 2.09. The van der Waals surface area contributed by atoms with Gasteiger partial charge in [-0.1, -0.05) is 30.6 Å². The normalized spacial score (nSPS) is 12.6. The molecule has 0 aliphatic carbocycles. The first-order valence-corrected chi connectivity index (χ1v) is 6.90. The van der Waals surface area contributed by atoms with Crippen molar-refractivity contribution in [3.8, 4) is 11.4 Å². The van der Waals surface area contributed by atoms with Gasteiger partial charge < -0.3 is 9.84 Å². The molecular weight excluding hydrogens is 257 g/mol. The first kappa shape index (κ1) is 14.7. The topological polar surface area (TPSA) is 51.0 Å². The van der Waals surface area contributed by atoms with E-state index in [1.54, 1.807) is 19.1 Å². The Morgan fingerprint density at radius 3 is 2.85 bits per heavy atom. The first-order valence-electron chi connectivity index (χ1n) is 6.90. The highest BCUT2D eigenvalue weighted by molar-refractivity contribution is 5.54. The Balaban J connectivity index is 2.13. The van der Waals surface area contributed by atoms with E-state index in [1.165, 1.54) is 6.07 Å². The third-order valence-electron chi connectivity index (χ3n) is 3.36. The van der Waals surface area contributed by atoms with Gasteiger partial charge in [0.05, 0.1) is 0 Å². The average molecular weight is 277 g/mol. The van der Waals surface area contributed by atoms with Gasteiger partial charge in [0.25, 0.3) is 0 Å². The van der Waals surface area contributed by atoms with Crippen molar-refractivity contribution >= 4 is 0 Å². The van der Waals surface area contributed by atoms with Crippen molar-refractivity contribution in [2.45, 2.75) is 39.2 Å². The summed E-state index contributed by atoms with van der Waals surface area (Å²) in [7, 11) is 1.92. The summed E-state index contributed by atoms with van der Waals surface area (Å²) in [4.78, 5) is 4.34. The van der Waals surface area contributed by atoms with Crippen LogP contribution in [0.4, 0.5) is 4.39 Å². The molecule has 0 saturated heterocycles. The molecule has 1 unspecified atom stereocenters. The minimum absolute atomic E-state index is 0.257. The molecule has 108 valence electrons. The highest BCUT2D eigenvalue weighted by Crippen LogP contribution is 2.19. The van der Waals surface area contributed by atoms with E-state index in [1.807, 2.05) is 7.05 Å². The molecule has 20 heavy (non-hydrogen) atoms. The quantitative estimate of drug-likeness (QED) is 0.881. The van der Waals surface area contributed by atoms with E-state index in [2.05, 4.69) is 22.4 Å². The number of nitrogens with one attached hydrogen (secondary N) is 1. The maximum Gasteiger partial charge on any atom is 0.228 e. The predicted molar refractivity (Wildman–Crippen MR) is 75.9 cm³/mol. The second-order valence-electron chi connectivity index (χ2n) is 4.95. The number of aryl methyl sites for hydroxylation is 1. The minimum Gasteiger partial charge on any atom is -0.339 e. The fourth-order valence-corrected chi connectivity index (χ4v) is 2.09. The van der Waals surface area contributed by atoms with Crippen LogP contribution in [-0.2, 0) is 6.42 Å². The van der Waals surface area contributed by atoms with Gasteiger partial charge in [-0.3, -0.25) is 0 Å². The van der Waals surface area contributed by atoms with E-state index in [9.17, 15) is 4.39 Å². The molecule has 0 aliphatic heterocycles. The number of nitrogens with zero attached hydrogens (tertiary/aromatic N) is 2. The number of hydrogen-bond donors (Lipinski definition) is 1. The summed E-state index contributed by atoms with van der Waals surface area (Å²) in [5.74, 6) is 0.756. The van der Waals surface area contributed by atoms with E-state index >= 15 is 0 Å². The van der Waals surface area contributed by atoms with Crippen LogP contribution in [0.3, 0.4) is 0 Å². The third kappa shape index (κ3) is 3.42. The van der Waals surface area contributed by atoms with Gasteiger partial charge in [0.2, 0.25) is 11.7 Å². The summed E-state index contributed by atoms with van der Waals surface area (Å²) in [5, 5.41) is 7.15. The zero-order chi connectivity index (χ0) is 14.5. The molecule has 2 rings (SSSR count). The van der Waals surface area contributed by atoms with Gasteiger partial charge in [-0.2, -0.15) is 4.98 Å². The van der Waals surface area contributed by atoms with Crippen LogP contribution in [0.15, 0.2) is 22.7 Å². The second-order valence-corrected chi connectivity index (χ2v) is 4.95. The lowest BCUT2D eigenvalue weighted by Gasteiger charge is -2.11. The first-order chi connectivity index (χ1) is 9.63. The Morgan fingerprint density at radius 1 is 1.40 bits per heavy atom. The largest absolute Gasteiger partial charge is 0.339 e. The zero-order valence-corrected chi connectivity index (χ0v) is 12.1. The molecular formula is C15H20FN3O. The van der Waals surface area contributed by atoms with Crippen LogP contribution in [0.25, 0.3) is 11.4 Å². The number of rotatable bonds is 6. The summed E-state index contributed by atoms with van der Waals surface area (Å²) in [5.41, 5.74) is 1.25. The van der Waals surface area contributed by atoms with Crippen molar-refractivity contribution in [1.82, 2.24) is 15.5 Å². The summed E-state index contributed by atoms with van der Waals surface area (Å²) in [6, 6.07) is 5.28. The molecule has 1 aromatic heterocycles. The Labute approximate surface area is 118 Å². The Bertz CT molecular complexity index is 568. The number of hydrogen-bond acceptors (Lipinski definition) is 4. The molecule has 1 aromatic carbocycles. The van der Waals surface area contributed by atoms with Crippen molar-refractivity contribution in [1.29, 1.82) is 0 Å². The third-order valence-corrected chi connectivity index (χ3v) is 3.36. The monoisotopic (exact) mass is 277 g/mol. The molecule has 0 aliphatic rings. The summed E-state index contributed by atoms with van der Waals surface area (Å²) in [6.07, 6.45) is 2.83. The van der Waals surface area contributed by atoms with E-state index < -0.39 is 0 Å². The summed E-state index contributed by atoms with van der Waals surface area (Å²) in [6.45, 7) is 3.86. The molecule has 0 amide bonds. The van der Waals surface area contributed by atoms with Crippen molar-refractivity contribution in [2.24, 2.45) is 0 Å². The summed E-state index contributed by atoms with van der Waals surface area (Å²) < 4.78 is 18.8. The van der Waals surface area contributed by atoms with Gasteiger partial charge in [0, 0.05) is 18.0 Å². The number of aromatic nitrogens is 2. The van der Waals surface area contributed by atoms with Crippen LogP contribution in [0.5, 0.6) is 0 Å². The van der Waals surface area contributed by atoms with Crippen LogP contribution in [-0.4, -0.2) is 23.2 Å². The smallest absolute Gasteiger partial charge is 0.228 e. The molecule has 0 radical (unpaired) electrons. The standard InChI is InChI=1S/C15H20FN3O/c1-4-5-12(17-3)9-14-18-15(19-20-14)11-7-6-10(2)13(16)8-11/h6-8,12,17H,4-5,9H2,1-3H3. The van der Waals surface area contributed by atoms with Crippen LogP contribution < -0.4 is 5.32 Å². The molecule has 0 spiro atoms. The van der Waals surface area contributed by atoms with Crippen LogP contribution >= 0.6 is 0 Å². The molecule has 1 heterocycles. The van der Waals surface area contributed by atoms with Gasteiger partial charge in [-0.15, -0.1) is 0 Å². The molecule has 0 fully saturated rings.